The highest BCUT2D eigenvalue weighted by atomic mass is 79.9. The molecule has 3 aliphatic rings. The summed E-state index contributed by atoms with van der Waals surface area (Å²) in [7, 11) is 2.20. The fraction of sp³-hybridized carbons (Fsp3) is 0.194. The van der Waals surface area contributed by atoms with Crippen LogP contribution in [0.25, 0.3) is 11.8 Å². The summed E-state index contributed by atoms with van der Waals surface area (Å²) in [6, 6.07) is 25.9. The number of halogens is 2. The van der Waals surface area contributed by atoms with E-state index in [-0.39, 0.29) is 23.0 Å². The molecule has 3 aliphatic heterocycles. The van der Waals surface area contributed by atoms with Gasteiger partial charge in [-0.25, -0.2) is 4.99 Å². The Morgan fingerprint density at radius 3 is 2.22 bits per heavy atom. The first kappa shape index (κ1) is 26.1. The Kier molecular flexibility index (Phi) is 7.51. The minimum Gasteiger partial charge on any atom is -0.308 e. The Hall–Kier alpha value is -2.57. The first-order valence-electron chi connectivity index (χ1n) is 12.2. The van der Waals surface area contributed by atoms with E-state index >= 15 is 0 Å². The maximum Gasteiger partial charge on any atom is 0.174 e. The average Bonchev–Trinajstić information content (AvgIpc) is 3.29. The predicted molar refractivity (Wildman–Crippen MR) is 164 cm³/mol. The van der Waals surface area contributed by atoms with Gasteiger partial charge in [0, 0.05) is 23.5 Å². The van der Waals surface area contributed by atoms with E-state index in [1.807, 2.05) is 12.1 Å². The molecule has 6 heteroatoms. The largest absolute Gasteiger partial charge is 0.308 e. The fourth-order valence-electron chi connectivity index (χ4n) is 5.16. The molecule has 3 heterocycles. The van der Waals surface area contributed by atoms with Crippen molar-refractivity contribution in [2.75, 3.05) is 20.1 Å². The standard InChI is InChI=1S/C31H28ClN3S.BrH/c1-20-4-8-22(9-5-20)16-25-17-34(3)18-27-29(25)33-31-35(30(27)24-10-6-21(2)7-11-24)28(19-36-31)23-12-14-26(32)15-13-23;/h4-16,19,30H,17-18H2,1-3H3;1H/b25-16+;. The van der Waals surface area contributed by atoms with Crippen molar-refractivity contribution < 1.29 is 0 Å². The second-order valence-electron chi connectivity index (χ2n) is 9.83. The molecule has 0 radical (unpaired) electrons. The molecule has 0 spiro atoms. The summed E-state index contributed by atoms with van der Waals surface area (Å²) in [6.07, 6.45) is 2.31. The van der Waals surface area contributed by atoms with E-state index in [0.29, 0.717) is 0 Å². The Labute approximate surface area is 239 Å². The number of nitrogens with zero attached hydrogens (tertiary/aromatic N) is 3. The average molecular weight is 591 g/mol. The lowest BCUT2D eigenvalue weighted by Crippen LogP contribution is -2.40. The normalized spacial score (nSPS) is 20.3. The zero-order chi connectivity index (χ0) is 24.8. The number of hydrogen-bond donors (Lipinski definition) is 0. The minimum absolute atomic E-state index is 0. The van der Waals surface area contributed by atoms with Crippen LogP contribution in [0.2, 0.25) is 5.02 Å². The minimum atomic E-state index is 0. The molecule has 0 saturated heterocycles. The van der Waals surface area contributed by atoms with Crippen LogP contribution in [0.4, 0.5) is 0 Å². The van der Waals surface area contributed by atoms with Crippen LogP contribution < -0.4 is 0 Å². The Balaban J connectivity index is 0.00000280. The maximum absolute atomic E-state index is 6.21. The van der Waals surface area contributed by atoms with Crippen LogP contribution in [0.15, 0.2) is 100 Å². The van der Waals surface area contributed by atoms with Crippen molar-refractivity contribution in [1.29, 1.82) is 0 Å². The van der Waals surface area contributed by atoms with Gasteiger partial charge in [-0.2, -0.15) is 0 Å². The van der Waals surface area contributed by atoms with Gasteiger partial charge in [0.15, 0.2) is 5.17 Å². The van der Waals surface area contributed by atoms with E-state index in [1.54, 1.807) is 11.8 Å². The van der Waals surface area contributed by atoms with Gasteiger partial charge in [-0.1, -0.05) is 95.2 Å². The molecular weight excluding hydrogens is 562 g/mol. The lowest BCUT2D eigenvalue weighted by atomic mass is 9.87. The van der Waals surface area contributed by atoms with E-state index in [4.69, 9.17) is 16.6 Å². The first-order valence-corrected chi connectivity index (χ1v) is 13.5. The molecule has 3 aromatic carbocycles. The lowest BCUT2D eigenvalue weighted by molar-refractivity contribution is 0.344. The molecule has 3 aromatic rings. The monoisotopic (exact) mass is 589 g/mol. The van der Waals surface area contributed by atoms with Gasteiger partial charge in [0.25, 0.3) is 0 Å². The molecule has 0 amide bonds. The summed E-state index contributed by atoms with van der Waals surface area (Å²) in [6.45, 7) is 6.03. The molecule has 0 fully saturated rings. The van der Waals surface area contributed by atoms with Crippen LogP contribution in [0.3, 0.4) is 0 Å². The second-order valence-corrected chi connectivity index (χ2v) is 11.1. The third kappa shape index (κ3) is 5.10. The molecule has 0 bridgehead atoms. The van der Waals surface area contributed by atoms with Crippen molar-refractivity contribution in [2.24, 2.45) is 4.99 Å². The smallest absolute Gasteiger partial charge is 0.174 e. The number of fused-ring (bicyclic) bond motifs is 1. The molecule has 6 rings (SSSR count). The van der Waals surface area contributed by atoms with Gasteiger partial charge in [0.2, 0.25) is 0 Å². The third-order valence-electron chi connectivity index (χ3n) is 6.98. The number of hydrogen-bond acceptors (Lipinski definition) is 4. The molecule has 3 nitrogen and oxygen atoms in total. The van der Waals surface area contributed by atoms with Gasteiger partial charge in [0.1, 0.15) is 0 Å². The molecule has 0 saturated carbocycles. The van der Waals surface area contributed by atoms with Crippen LogP contribution >= 0.6 is 40.3 Å². The van der Waals surface area contributed by atoms with Crippen LogP contribution in [-0.4, -0.2) is 35.1 Å². The summed E-state index contributed by atoms with van der Waals surface area (Å²) in [5, 5.41) is 4.01. The summed E-state index contributed by atoms with van der Waals surface area (Å²) in [5.74, 6) is 0. The number of aryl methyl sites for hydroxylation is 2. The van der Waals surface area contributed by atoms with Gasteiger partial charge < -0.3 is 4.90 Å². The number of rotatable bonds is 3. The Bertz CT molecular complexity index is 1440. The molecule has 0 N–H and O–H groups in total. The SMILES string of the molecule is Br.Cc1ccc(/C=C2\CN(C)CC3=C2N=C2SC=C(c4ccc(Cl)cc4)N2C3c2ccc(C)cc2)cc1. The number of likely N-dealkylation sites (N-methyl/N-ethyl adjacent to an activating group) is 1. The van der Waals surface area contributed by atoms with Gasteiger partial charge in [-0.15, -0.1) is 17.0 Å². The van der Waals surface area contributed by atoms with Crippen molar-refractivity contribution in [2.45, 2.75) is 19.9 Å². The third-order valence-corrected chi connectivity index (χ3v) is 8.07. The van der Waals surface area contributed by atoms with Gasteiger partial charge in [-0.05, 0) is 66.9 Å². The number of benzene rings is 3. The van der Waals surface area contributed by atoms with Crippen LogP contribution in [0.1, 0.15) is 33.9 Å². The van der Waals surface area contributed by atoms with Crippen molar-refractivity contribution in [3.8, 4) is 0 Å². The second kappa shape index (κ2) is 10.7. The summed E-state index contributed by atoms with van der Waals surface area (Å²) in [5.41, 5.74) is 11.1. The summed E-state index contributed by atoms with van der Waals surface area (Å²) >= 11 is 7.92. The van der Waals surface area contributed by atoms with Gasteiger partial charge >= 0.3 is 0 Å². The van der Waals surface area contributed by atoms with E-state index in [0.717, 1.165) is 34.5 Å². The molecular formula is C31H29BrClN3S. The van der Waals surface area contributed by atoms with Crippen molar-refractivity contribution >= 4 is 57.3 Å². The predicted octanol–water partition coefficient (Wildman–Crippen LogP) is 8.28. The molecule has 1 unspecified atom stereocenters. The summed E-state index contributed by atoms with van der Waals surface area (Å²) in [4.78, 5) is 10.1. The fourth-order valence-corrected chi connectivity index (χ4v) is 6.22. The van der Waals surface area contributed by atoms with E-state index in [9.17, 15) is 0 Å². The Morgan fingerprint density at radius 1 is 0.892 bits per heavy atom. The molecule has 0 aromatic heterocycles. The molecule has 0 aliphatic carbocycles. The topological polar surface area (TPSA) is 18.8 Å². The summed E-state index contributed by atoms with van der Waals surface area (Å²) < 4.78 is 0. The van der Waals surface area contributed by atoms with E-state index < -0.39 is 0 Å². The zero-order valence-electron chi connectivity index (χ0n) is 21.1. The van der Waals surface area contributed by atoms with Gasteiger partial charge in [0.05, 0.1) is 17.4 Å². The van der Waals surface area contributed by atoms with Crippen LogP contribution in [-0.2, 0) is 0 Å². The van der Waals surface area contributed by atoms with Crippen LogP contribution in [0.5, 0.6) is 0 Å². The highest BCUT2D eigenvalue weighted by Crippen LogP contribution is 2.49. The number of thioether (sulfide) groups is 1. The number of amidine groups is 1. The van der Waals surface area contributed by atoms with Gasteiger partial charge in [-0.3, -0.25) is 4.90 Å². The number of aliphatic imine (C=N–C) groups is 1. The molecule has 188 valence electrons. The first-order chi connectivity index (χ1) is 17.5. The maximum atomic E-state index is 6.21. The highest BCUT2D eigenvalue weighted by molar-refractivity contribution is 8.93. The van der Waals surface area contributed by atoms with Crippen LogP contribution in [0, 0.1) is 13.8 Å². The van der Waals surface area contributed by atoms with E-state index in [2.05, 4.69) is 103 Å². The lowest BCUT2D eigenvalue weighted by Gasteiger charge is -2.42. The molecule has 37 heavy (non-hydrogen) atoms. The van der Waals surface area contributed by atoms with Crippen molar-refractivity contribution in [3.05, 3.63) is 128 Å². The highest BCUT2D eigenvalue weighted by Gasteiger charge is 2.41. The quantitative estimate of drug-likeness (QED) is 0.306. The van der Waals surface area contributed by atoms with Crippen molar-refractivity contribution in [1.82, 2.24) is 9.80 Å². The Morgan fingerprint density at radius 2 is 1.54 bits per heavy atom. The zero-order valence-corrected chi connectivity index (χ0v) is 24.4. The van der Waals surface area contributed by atoms with Crippen molar-refractivity contribution in [3.63, 3.8) is 0 Å². The molecule has 1 atom stereocenters. The van der Waals surface area contributed by atoms with E-state index in [1.165, 1.54) is 39.1 Å².